The largest absolute Gasteiger partial charge is 0.486 e. The molecule has 0 unspecified atom stereocenters. The molecule has 0 atom stereocenters. The predicted octanol–water partition coefficient (Wildman–Crippen LogP) is 2.65. The minimum atomic E-state index is -0.284. The normalized spacial score (nSPS) is 13.0. The number of aromatic amines is 1. The molecule has 0 bridgehead atoms. The molecule has 0 fully saturated rings. The molecule has 2 aromatic rings. The second-order valence-corrected chi connectivity index (χ2v) is 4.97. The summed E-state index contributed by atoms with van der Waals surface area (Å²) in [6.07, 6.45) is 2.46. The fourth-order valence-electron chi connectivity index (χ4n) is 2.12. The summed E-state index contributed by atoms with van der Waals surface area (Å²) in [5.41, 5.74) is 1.34. The first-order valence-electron chi connectivity index (χ1n) is 6.61. The molecule has 0 aliphatic carbocycles. The number of nitrogens with zero attached hydrogens (tertiary/aromatic N) is 1. The van der Waals surface area contributed by atoms with E-state index in [9.17, 15) is 4.79 Å². The van der Waals surface area contributed by atoms with Gasteiger partial charge in [0.15, 0.2) is 11.5 Å². The van der Waals surface area contributed by atoms with E-state index in [-0.39, 0.29) is 5.91 Å². The third-order valence-electron chi connectivity index (χ3n) is 3.20. The fourth-order valence-corrected chi connectivity index (χ4v) is 2.38. The molecule has 0 saturated heterocycles. The van der Waals surface area contributed by atoms with Crippen molar-refractivity contribution < 1.29 is 14.3 Å². The maximum absolute atomic E-state index is 12.3. The van der Waals surface area contributed by atoms with Crippen LogP contribution in [0, 0.1) is 0 Å². The number of hydrogen-bond donors (Lipinski definition) is 2. The highest BCUT2D eigenvalue weighted by Crippen LogP contribution is 2.38. The summed E-state index contributed by atoms with van der Waals surface area (Å²) in [7, 11) is 0. The molecule has 6 nitrogen and oxygen atoms in total. The molecule has 0 saturated carbocycles. The smallest absolute Gasteiger partial charge is 0.257 e. The lowest BCUT2D eigenvalue weighted by Gasteiger charge is -2.20. The summed E-state index contributed by atoms with van der Waals surface area (Å²) < 4.78 is 10.9. The Morgan fingerprint density at radius 3 is 3.05 bits per heavy atom. The van der Waals surface area contributed by atoms with Gasteiger partial charge in [-0.2, -0.15) is 5.10 Å². The summed E-state index contributed by atoms with van der Waals surface area (Å²) in [5, 5.41) is 9.82. The standard InChI is InChI=1S/C14H14ClN3O3/c1-2-8-7-16-18-13(8)17-14(19)9-5-10(15)12-11(6-9)20-3-4-21-12/h5-7H,2-4H2,1H3,(H2,16,17,18,19). The number of halogens is 1. The van der Waals surface area contributed by atoms with Crippen LogP contribution in [0.25, 0.3) is 0 Å². The van der Waals surface area contributed by atoms with Gasteiger partial charge in [0.1, 0.15) is 19.0 Å². The third kappa shape index (κ3) is 2.67. The highest BCUT2D eigenvalue weighted by molar-refractivity contribution is 6.32. The number of benzene rings is 1. The Morgan fingerprint density at radius 2 is 2.24 bits per heavy atom. The Labute approximate surface area is 126 Å². The van der Waals surface area contributed by atoms with Crippen molar-refractivity contribution in [3.8, 4) is 11.5 Å². The minimum Gasteiger partial charge on any atom is -0.486 e. The molecular formula is C14H14ClN3O3. The molecule has 1 amide bonds. The van der Waals surface area contributed by atoms with Crippen molar-refractivity contribution in [2.45, 2.75) is 13.3 Å². The monoisotopic (exact) mass is 307 g/mol. The summed E-state index contributed by atoms with van der Waals surface area (Å²) in [4.78, 5) is 12.3. The van der Waals surface area contributed by atoms with Crippen LogP contribution in [-0.4, -0.2) is 29.3 Å². The first-order valence-corrected chi connectivity index (χ1v) is 6.99. The third-order valence-corrected chi connectivity index (χ3v) is 3.48. The van der Waals surface area contributed by atoms with Gasteiger partial charge in [0, 0.05) is 11.1 Å². The van der Waals surface area contributed by atoms with Crippen molar-refractivity contribution in [2.24, 2.45) is 0 Å². The van der Waals surface area contributed by atoms with Gasteiger partial charge in [-0.05, 0) is 18.6 Å². The maximum Gasteiger partial charge on any atom is 0.257 e. The van der Waals surface area contributed by atoms with E-state index in [0.29, 0.717) is 41.1 Å². The lowest BCUT2D eigenvalue weighted by atomic mass is 10.1. The molecule has 1 aliphatic rings. The lowest BCUT2D eigenvalue weighted by Crippen LogP contribution is -2.18. The topological polar surface area (TPSA) is 76.2 Å². The van der Waals surface area contributed by atoms with E-state index in [0.717, 1.165) is 12.0 Å². The number of ether oxygens (including phenoxy) is 2. The number of amides is 1. The van der Waals surface area contributed by atoms with E-state index in [1.807, 2.05) is 6.92 Å². The van der Waals surface area contributed by atoms with E-state index in [4.69, 9.17) is 21.1 Å². The van der Waals surface area contributed by atoms with Gasteiger partial charge >= 0.3 is 0 Å². The molecule has 0 spiro atoms. The van der Waals surface area contributed by atoms with E-state index < -0.39 is 0 Å². The molecule has 1 aromatic heterocycles. The van der Waals surface area contributed by atoms with Crippen molar-refractivity contribution in [1.82, 2.24) is 10.2 Å². The van der Waals surface area contributed by atoms with E-state index in [1.165, 1.54) is 0 Å². The van der Waals surface area contributed by atoms with Gasteiger partial charge in [-0.15, -0.1) is 0 Å². The molecule has 0 radical (unpaired) electrons. The lowest BCUT2D eigenvalue weighted by molar-refractivity contribution is 0.102. The van der Waals surface area contributed by atoms with Gasteiger partial charge in [0.2, 0.25) is 0 Å². The second-order valence-electron chi connectivity index (χ2n) is 4.56. The Morgan fingerprint density at radius 1 is 1.43 bits per heavy atom. The molecule has 2 N–H and O–H groups in total. The van der Waals surface area contributed by atoms with Crippen molar-refractivity contribution in [3.05, 3.63) is 34.5 Å². The van der Waals surface area contributed by atoms with Crippen molar-refractivity contribution in [3.63, 3.8) is 0 Å². The van der Waals surface area contributed by atoms with Crippen LogP contribution in [0.1, 0.15) is 22.8 Å². The highest BCUT2D eigenvalue weighted by atomic mass is 35.5. The van der Waals surface area contributed by atoms with Gasteiger partial charge < -0.3 is 14.8 Å². The number of hydrogen-bond acceptors (Lipinski definition) is 4. The number of anilines is 1. The number of carbonyl (C=O) groups is 1. The molecule has 1 aliphatic heterocycles. The number of carbonyl (C=O) groups excluding carboxylic acids is 1. The summed E-state index contributed by atoms with van der Waals surface area (Å²) >= 11 is 6.13. The zero-order valence-corrected chi connectivity index (χ0v) is 12.2. The van der Waals surface area contributed by atoms with E-state index in [2.05, 4.69) is 15.5 Å². The van der Waals surface area contributed by atoms with Crippen LogP contribution >= 0.6 is 11.6 Å². The van der Waals surface area contributed by atoms with Crippen LogP contribution in [0.3, 0.4) is 0 Å². The molecule has 21 heavy (non-hydrogen) atoms. The molecule has 7 heteroatoms. The van der Waals surface area contributed by atoms with Crippen molar-refractivity contribution >= 4 is 23.3 Å². The zero-order valence-electron chi connectivity index (χ0n) is 11.4. The SMILES string of the molecule is CCc1cn[nH]c1NC(=O)c1cc(Cl)c2c(c1)OCCO2. The number of H-pyrrole nitrogens is 1. The van der Waals surface area contributed by atoms with Crippen LogP contribution in [0.15, 0.2) is 18.3 Å². The molecule has 3 rings (SSSR count). The Kier molecular flexibility index (Phi) is 3.70. The van der Waals surface area contributed by atoms with Crippen molar-refractivity contribution in [2.75, 3.05) is 18.5 Å². The molecule has 110 valence electrons. The minimum absolute atomic E-state index is 0.284. The quantitative estimate of drug-likeness (QED) is 0.914. The number of nitrogens with one attached hydrogen (secondary N) is 2. The zero-order chi connectivity index (χ0) is 14.8. The average molecular weight is 308 g/mol. The van der Waals surface area contributed by atoms with Gasteiger partial charge in [0.05, 0.1) is 11.2 Å². The highest BCUT2D eigenvalue weighted by Gasteiger charge is 2.20. The Balaban J connectivity index is 1.86. The molecular weight excluding hydrogens is 294 g/mol. The summed E-state index contributed by atoms with van der Waals surface area (Å²) in [6.45, 7) is 2.88. The first kappa shape index (κ1) is 13.8. The summed E-state index contributed by atoms with van der Waals surface area (Å²) in [6, 6.07) is 3.18. The van der Waals surface area contributed by atoms with Crippen LogP contribution in [0.2, 0.25) is 5.02 Å². The Bertz CT molecular complexity index is 684. The van der Waals surface area contributed by atoms with Gasteiger partial charge in [-0.1, -0.05) is 18.5 Å². The second kappa shape index (κ2) is 5.65. The number of aromatic nitrogens is 2. The molecule has 2 heterocycles. The number of fused-ring (bicyclic) bond motifs is 1. The van der Waals surface area contributed by atoms with Crippen LogP contribution in [0.4, 0.5) is 5.82 Å². The molecule has 1 aromatic carbocycles. The van der Waals surface area contributed by atoms with Crippen LogP contribution < -0.4 is 14.8 Å². The first-order chi connectivity index (χ1) is 10.2. The van der Waals surface area contributed by atoms with Gasteiger partial charge in [-0.3, -0.25) is 9.89 Å². The number of aryl methyl sites for hydroxylation is 1. The predicted molar refractivity (Wildman–Crippen MR) is 78.4 cm³/mol. The maximum atomic E-state index is 12.3. The van der Waals surface area contributed by atoms with Gasteiger partial charge in [-0.25, -0.2) is 0 Å². The van der Waals surface area contributed by atoms with Gasteiger partial charge in [0.25, 0.3) is 5.91 Å². The van der Waals surface area contributed by atoms with Crippen LogP contribution in [-0.2, 0) is 6.42 Å². The number of rotatable bonds is 3. The van der Waals surface area contributed by atoms with Crippen molar-refractivity contribution in [1.29, 1.82) is 0 Å². The summed E-state index contributed by atoms with van der Waals surface area (Å²) in [5.74, 6) is 1.27. The van der Waals surface area contributed by atoms with E-state index in [1.54, 1.807) is 18.3 Å². The average Bonchev–Trinajstić information content (AvgIpc) is 2.94. The Hall–Kier alpha value is -2.21. The van der Waals surface area contributed by atoms with Crippen LogP contribution in [0.5, 0.6) is 11.5 Å². The fraction of sp³-hybridized carbons (Fsp3) is 0.286. The van der Waals surface area contributed by atoms with E-state index >= 15 is 0 Å².